The molecule has 6 nitrogen and oxygen atoms in total. The molecule has 2 aromatic rings. The molecule has 1 aromatic heterocycles. The zero-order chi connectivity index (χ0) is 22.8. The number of likely N-dealkylation sites (tertiary alicyclic amines) is 1. The van der Waals surface area contributed by atoms with E-state index in [1.54, 1.807) is 18.3 Å². The van der Waals surface area contributed by atoms with E-state index in [0.29, 0.717) is 36.2 Å². The summed E-state index contributed by atoms with van der Waals surface area (Å²) < 4.78 is 6.14. The normalized spacial score (nSPS) is 26.4. The van der Waals surface area contributed by atoms with E-state index in [0.717, 1.165) is 31.7 Å². The number of ether oxygens (including phenoxy) is 1. The van der Waals surface area contributed by atoms with Gasteiger partial charge in [0.1, 0.15) is 0 Å². The Hall–Kier alpha value is -1.70. The Balaban J connectivity index is 1.39. The van der Waals surface area contributed by atoms with Gasteiger partial charge in [-0.2, -0.15) is 0 Å². The van der Waals surface area contributed by atoms with E-state index in [4.69, 9.17) is 27.9 Å². The van der Waals surface area contributed by atoms with Crippen LogP contribution in [-0.2, 0) is 22.5 Å². The maximum Gasteiger partial charge on any atom is 0.227 e. The van der Waals surface area contributed by atoms with Crippen LogP contribution in [0.25, 0.3) is 0 Å². The van der Waals surface area contributed by atoms with Crippen molar-refractivity contribution < 1.29 is 9.53 Å². The molecule has 0 bridgehead atoms. The Labute approximate surface area is 205 Å². The van der Waals surface area contributed by atoms with E-state index in [2.05, 4.69) is 25.8 Å². The summed E-state index contributed by atoms with van der Waals surface area (Å²) in [6.45, 7) is 5.83. The number of fused-ring (bicyclic) bond motifs is 1. The summed E-state index contributed by atoms with van der Waals surface area (Å²) in [5.74, 6) is 0.149. The van der Waals surface area contributed by atoms with Gasteiger partial charge in [-0.05, 0) is 55.3 Å². The van der Waals surface area contributed by atoms with Crippen LogP contribution in [0.5, 0.6) is 0 Å². The first-order chi connectivity index (χ1) is 16.1. The number of hydrogen-bond acceptors (Lipinski definition) is 5. The van der Waals surface area contributed by atoms with Crippen LogP contribution in [0.2, 0.25) is 10.0 Å². The predicted octanol–water partition coefficient (Wildman–Crippen LogP) is 3.51. The summed E-state index contributed by atoms with van der Waals surface area (Å²) >= 11 is 12.3. The predicted molar refractivity (Wildman–Crippen MR) is 130 cm³/mol. The number of benzene rings is 1. The number of carbonyl (C=O) groups excluding carboxylic acids is 1. The fourth-order valence-corrected chi connectivity index (χ4v) is 5.91. The number of hydrogen-bond donors (Lipinski definition) is 0. The van der Waals surface area contributed by atoms with E-state index < -0.39 is 0 Å². The van der Waals surface area contributed by atoms with Gasteiger partial charge < -0.3 is 9.64 Å². The van der Waals surface area contributed by atoms with Gasteiger partial charge in [-0.15, -0.1) is 0 Å². The van der Waals surface area contributed by atoms with Crippen LogP contribution < -0.4 is 0 Å². The number of amides is 1. The zero-order valence-corrected chi connectivity index (χ0v) is 20.2. The second-order valence-electron chi connectivity index (χ2n) is 9.25. The molecular formula is C25H30Cl2N4O2. The molecule has 3 saturated heterocycles. The molecule has 3 fully saturated rings. The fraction of sp³-hybridized carbons (Fsp3) is 0.520. The summed E-state index contributed by atoms with van der Waals surface area (Å²) in [4.78, 5) is 25.0. The average Bonchev–Trinajstić information content (AvgIpc) is 3.37. The van der Waals surface area contributed by atoms with Gasteiger partial charge in [0.15, 0.2) is 0 Å². The average molecular weight is 489 g/mol. The SMILES string of the molecule is O=C(Cc1ccc(Cl)c(Cl)c1)N1CCN(Cc2cccnc2)[C@@H]2COCC(N3CCCC3)[C@H]21. The highest BCUT2D eigenvalue weighted by Crippen LogP contribution is 2.31. The third-order valence-electron chi connectivity index (χ3n) is 7.20. The lowest BCUT2D eigenvalue weighted by atomic mass is 9.90. The molecule has 0 spiro atoms. The van der Waals surface area contributed by atoms with Crippen molar-refractivity contribution in [2.75, 3.05) is 39.4 Å². The number of rotatable bonds is 5. The highest BCUT2D eigenvalue weighted by molar-refractivity contribution is 6.42. The number of halogens is 2. The van der Waals surface area contributed by atoms with Crippen LogP contribution in [0, 0.1) is 0 Å². The van der Waals surface area contributed by atoms with Gasteiger partial charge in [0.25, 0.3) is 0 Å². The Bertz CT molecular complexity index is 970. The fourth-order valence-electron chi connectivity index (χ4n) is 5.58. The standard InChI is InChI=1S/C25H30Cl2N4O2/c26-20-6-5-18(12-21(20)27)13-24(32)31-11-10-30(15-19-4-3-7-28-14-19)23-17-33-16-22(25(23)31)29-8-1-2-9-29/h3-7,12,14,22-23,25H,1-2,8-11,13,15-17H2/t22?,23-,25-/m1/s1. The molecule has 1 amide bonds. The van der Waals surface area contributed by atoms with Crippen LogP contribution in [0.15, 0.2) is 42.7 Å². The lowest BCUT2D eigenvalue weighted by Crippen LogP contribution is -2.71. The van der Waals surface area contributed by atoms with Gasteiger partial charge in [0.2, 0.25) is 5.91 Å². The molecule has 0 radical (unpaired) electrons. The topological polar surface area (TPSA) is 48.9 Å². The molecule has 176 valence electrons. The maximum atomic E-state index is 13.6. The molecule has 0 N–H and O–H groups in total. The molecule has 0 saturated carbocycles. The van der Waals surface area contributed by atoms with Gasteiger partial charge >= 0.3 is 0 Å². The molecule has 5 rings (SSSR count). The monoisotopic (exact) mass is 488 g/mol. The Kier molecular flexibility index (Phi) is 7.18. The van der Waals surface area contributed by atoms with E-state index in [1.807, 2.05) is 18.3 Å². The van der Waals surface area contributed by atoms with Crippen LogP contribution >= 0.6 is 23.2 Å². The van der Waals surface area contributed by atoms with Crippen molar-refractivity contribution in [3.05, 3.63) is 63.9 Å². The van der Waals surface area contributed by atoms with Crippen LogP contribution in [0.1, 0.15) is 24.0 Å². The largest absolute Gasteiger partial charge is 0.378 e. The molecule has 3 aliphatic rings. The molecule has 4 heterocycles. The first-order valence-corrected chi connectivity index (χ1v) is 12.5. The maximum absolute atomic E-state index is 13.6. The van der Waals surface area contributed by atoms with Gasteiger partial charge in [-0.1, -0.05) is 35.3 Å². The lowest BCUT2D eigenvalue weighted by Gasteiger charge is -2.54. The first-order valence-electron chi connectivity index (χ1n) is 11.8. The third kappa shape index (κ3) is 5.05. The number of piperazine rings is 1. The third-order valence-corrected chi connectivity index (χ3v) is 7.94. The summed E-state index contributed by atoms with van der Waals surface area (Å²) in [5.41, 5.74) is 2.09. The molecule has 0 aliphatic carbocycles. The van der Waals surface area contributed by atoms with Gasteiger partial charge in [0.05, 0.1) is 47.8 Å². The second kappa shape index (κ2) is 10.3. The Morgan fingerprint density at radius 2 is 1.82 bits per heavy atom. The highest BCUT2D eigenvalue weighted by atomic mass is 35.5. The quantitative estimate of drug-likeness (QED) is 0.644. The van der Waals surface area contributed by atoms with Gasteiger partial charge in [-0.3, -0.25) is 19.6 Å². The summed E-state index contributed by atoms with van der Waals surface area (Å²) in [6, 6.07) is 10.1. The summed E-state index contributed by atoms with van der Waals surface area (Å²) in [5, 5.41) is 0.998. The lowest BCUT2D eigenvalue weighted by molar-refractivity contribution is -0.153. The number of carbonyl (C=O) groups is 1. The van der Waals surface area contributed by atoms with Crippen molar-refractivity contribution in [3.63, 3.8) is 0 Å². The first kappa shape index (κ1) is 23.1. The number of aromatic nitrogens is 1. The zero-order valence-electron chi connectivity index (χ0n) is 18.7. The Morgan fingerprint density at radius 3 is 2.58 bits per heavy atom. The molecule has 3 atom stereocenters. The van der Waals surface area contributed by atoms with Gasteiger partial charge in [-0.25, -0.2) is 0 Å². The van der Waals surface area contributed by atoms with E-state index >= 15 is 0 Å². The molecular weight excluding hydrogens is 459 g/mol. The number of pyridine rings is 1. The van der Waals surface area contributed by atoms with Crippen molar-refractivity contribution in [1.82, 2.24) is 19.7 Å². The molecule has 3 aliphatic heterocycles. The summed E-state index contributed by atoms with van der Waals surface area (Å²) in [6.07, 6.45) is 6.49. The van der Waals surface area contributed by atoms with Crippen molar-refractivity contribution in [1.29, 1.82) is 0 Å². The van der Waals surface area contributed by atoms with Crippen molar-refractivity contribution >= 4 is 29.1 Å². The van der Waals surface area contributed by atoms with Gasteiger partial charge in [0, 0.05) is 32.0 Å². The molecule has 1 unspecified atom stereocenters. The van der Waals surface area contributed by atoms with Crippen LogP contribution in [0.3, 0.4) is 0 Å². The van der Waals surface area contributed by atoms with Crippen molar-refractivity contribution in [2.45, 2.75) is 43.9 Å². The highest BCUT2D eigenvalue weighted by Gasteiger charge is 2.47. The second-order valence-corrected chi connectivity index (χ2v) is 10.1. The molecule has 8 heteroatoms. The minimum atomic E-state index is 0.109. The number of nitrogens with zero attached hydrogens (tertiary/aromatic N) is 4. The molecule has 1 aromatic carbocycles. The summed E-state index contributed by atoms with van der Waals surface area (Å²) in [7, 11) is 0. The smallest absolute Gasteiger partial charge is 0.227 e. The minimum Gasteiger partial charge on any atom is -0.378 e. The van der Waals surface area contributed by atoms with E-state index in [-0.39, 0.29) is 24.0 Å². The van der Waals surface area contributed by atoms with Crippen molar-refractivity contribution in [3.8, 4) is 0 Å². The minimum absolute atomic E-state index is 0.109. The van der Waals surface area contributed by atoms with Crippen molar-refractivity contribution in [2.24, 2.45) is 0 Å². The van der Waals surface area contributed by atoms with Crippen LogP contribution in [0.4, 0.5) is 0 Å². The molecule has 33 heavy (non-hydrogen) atoms. The van der Waals surface area contributed by atoms with Crippen LogP contribution in [-0.4, -0.2) is 83.1 Å². The Morgan fingerprint density at radius 1 is 1.00 bits per heavy atom. The van der Waals surface area contributed by atoms with E-state index in [1.165, 1.54) is 18.4 Å². The van der Waals surface area contributed by atoms with E-state index in [9.17, 15) is 4.79 Å².